The van der Waals surface area contributed by atoms with Gasteiger partial charge in [-0.05, 0) is 53.5 Å². The molecule has 104 valence electrons. The second kappa shape index (κ2) is 5.98. The van der Waals surface area contributed by atoms with Crippen molar-refractivity contribution in [3.8, 4) is 0 Å². The van der Waals surface area contributed by atoms with Crippen molar-refractivity contribution >= 4 is 33.5 Å². The number of nitrogens with two attached hydrogens (primary N) is 1. The van der Waals surface area contributed by atoms with Crippen molar-refractivity contribution in [3.05, 3.63) is 45.7 Å². The molecule has 2 heterocycles. The number of aromatic nitrogens is 2. The molecule has 1 amide bonds. The summed E-state index contributed by atoms with van der Waals surface area (Å²) in [5.74, 6) is 5.82. The van der Waals surface area contributed by atoms with Crippen LogP contribution in [0.4, 0.5) is 11.6 Å². The summed E-state index contributed by atoms with van der Waals surface area (Å²) in [5.41, 5.74) is 4.60. The molecule has 0 spiro atoms. The minimum absolute atomic E-state index is 0.301. The highest BCUT2D eigenvalue weighted by Gasteiger charge is 2.14. The van der Waals surface area contributed by atoms with Crippen LogP contribution in [0, 0.1) is 13.8 Å². The van der Waals surface area contributed by atoms with Crippen LogP contribution in [0.3, 0.4) is 0 Å². The Kier molecular flexibility index (Phi) is 4.31. The largest absolute Gasteiger partial charge is 0.308 e. The molecule has 0 saturated heterocycles. The van der Waals surface area contributed by atoms with Crippen molar-refractivity contribution in [1.29, 1.82) is 0 Å². The molecule has 0 saturated carbocycles. The van der Waals surface area contributed by atoms with Gasteiger partial charge in [0.25, 0.3) is 5.91 Å². The summed E-state index contributed by atoms with van der Waals surface area (Å²) in [4.78, 5) is 20.6. The molecular weight excluding hydrogens is 322 g/mol. The monoisotopic (exact) mass is 335 g/mol. The summed E-state index contributed by atoms with van der Waals surface area (Å²) >= 11 is 3.28. The fourth-order valence-corrected chi connectivity index (χ4v) is 2.15. The third kappa shape index (κ3) is 3.31. The number of anilines is 2. The van der Waals surface area contributed by atoms with Gasteiger partial charge in [-0.2, -0.15) is 0 Å². The number of hydrazine groups is 1. The van der Waals surface area contributed by atoms with Crippen molar-refractivity contribution in [1.82, 2.24) is 9.97 Å². The molecule has 2 rings (SSSR count). The Morgan fingerprint density at radius 2 is 2.05 bits per heavy atom. The van der Waals surface area contributed by atoms with Crippen LogP contribution >= 0.6 is 15.9 Å². The van der Waals surface area contributed by atoms with Gasteiger partial charge in [-0.1, -0.05) is 0 Å². The van der Waals surface area contributed by atoms with Crippen molar-refractivity contribution in [2.24, 2.45) is 5.84 Å². The van der Waals surface area contributed by atoms with Gasteiger partial charge in [0.2, 0.25) is 0 Å². The standard InChI is InChI=1S/C13H14BrN5O/c1-7-3-8(2)17-11(4-7)18-13(20)10-5-9(14)6-16-12(10)19-15/h3-6H,15H2,1-2H3,(H,16,19)(H,17,18,20). The second-order valence-electron chi connectivity index (χ2n) is 4.32. The van der Waals surface area contributed by atoms with E-state index in [0.717, 1.165) is 11.3 Å². The fraction of sp³-hybridized carbons (Fsp3) is 0.154. The van der Waals surface area contributed by atoms with Gasteiger partial charge in [0.15, 0.2) is 5.82 Å². The highest BCUT2D eigenvalue weighted by molar-refractivity contribution is 9.10. The molecule has 4 N–H and O–H groups in total. The molecule has 0 bridgehead atoms. The topological polar surface area (TPSA) is 92.9 Å². The van der Waals surface area contributed by atoms with E-state index >= 15 is 0 Å². The average molecular weight is 336 g/mol. The number of halogens is 1. The van der Waals surface area contributed by atoms with Gasteiger partial charge in [-0.15, -0.1) is 0 Å². The van der Waals surface area contributed by atoms with Crippen LogP contribution in [0.1, 0.15) is 21.6 Å². The van der Waals surface area contributed by atoms with E-state index in [1.54, 1.807) is 18.3 Å². The van der Waals surface area contributed by atoms with Gasteiger partial charge < -0.3 is 10.7 Å². The van der Waals surface area contributed by atoms with E-state index in [9.17, 15) is 4.79 Å². The SMILES string of the molecule is Cc1cc(C)nc(NC(=O)c2cc(Br)cnc2NN)c1. The normalized spacial score (nSPS) is 10.2. The number of aryl methyl sites for hydroxylation is 2. The number of pyridine rings is 2. The zero-order chi connectivity index (χ0) is 14.7. The highest BCUT2D eigenvalue weighted by atomic mass is 79.9. The van der Waals surface area contributed by atoms with E-state index in [2.05, 4.69) is 36.6 Å². The van der Waals surface area contributed by atoms with Gasteiger partial charge in [0.1, 0.15) is 5.82 Å². The first-order valence-electron chi connectivity index (χ1n) is 5.88. The summed E-state index contributed by atoms with van der Waals surface area (Å²) in [6.07, 6.45) is 1.56. The number of carbonyl (C=O) groups excluding carboxylic acids is 1. The summed E-state index contributed by atoms with van der Waals surface area (Å²) in [7, 11) is 0. The Labute approximate surface area is 124 Å². The van der Waals surface area contributed by atoms with Gasteiger partial charge in [0.05, 0.1) is 5.56 Å². The molecule has 0 aliphatic heterocycles. The van der Waals surface area contributed by atoms with Crippen LogP contribution in [-0.2, 0) is 0 Å². The lowest BCUT2D eigenvalue weighted by atomic mass is 10.2. The van der Waals surface area contributed by atoms with Crippen molar-refractivity contribution < 1.29 is 4.79 Å². The van der Waals surface area contributed by atoms with E-state index in [1.807, 2.05) is 19.9 Å². The van der Waals surface area contributed by atoms with Gasteiger partial charge in [0, 0.05) is 16.4 Å². The van der Waals surface area contributed by atoms with E-state index in [-0.39, 0.29) is 5.91 Å². The molecular formula is C13H14BrN5O. The van der Waals surface area contributed by atoms with Gasteiger partial charge >= 0.3 is 0 Å². The second-order valence-corrected chi connectivity index (χ2v) is 5.23. The Bertz CT molecular complexity index is 639. The fourth-order valence-electron chi connectivity index (χ4n) is 1.82. The molecule has 0 aliphatic carbocycles. The molecule has 0 radical (unpaired) electrons. The minimum Gasteiger partial charge on any atom is -0.308 e. The van der Waals surface area contributed by atoms with Crippen LogP contribution in [0.25, 0.3) is 0 Å². The predicted octanol–water partition coefficient (Wildman–Crippen LogP) is 2.39. The molecule has 2 aromatic rings. The van der Waals surface area contributed by atoms with E-state index in [4.69, 9.17) is 5.84 Å². The lowest BCUT2D eigenvalue weighted by Crippen LogP contribution is -2.19. The molecule has 0 aliphatic rings. The molecule has 0 unspecified atom stereocenters. The zero-order valence-electron chi connectivity index (χ0n) is 11.1. The average Bonchev–Trinajstić information content (AvgIpc) is 2.37. The van der Waals surface area contributed by atoms with Crippen molar-refractivity contribution in [2.45, 2.75) is 13.8 Å². The Morgan fingerprint density at radius 3 is 2.70 bits per heavy atom. The van der Waals surface area contributed by atoms with Crippen LogP contribution in [-0.4, -0.2) is 15.9 Å². The number of nitrogen functional groups attached to an aromatic ring is 1. The van der Waals surface area contributed by atoms with E-state index in [0.29, 0.717) is 21.7 Å². The van der Waals surface area contributed by atoms with E-state index in [1.165, 1.54) is 0 Å². The van der Waals surface area contributed by atoms with E-state index < -0.39 is 0 Å². The maximum Gasteiger partial charge on any atom is 0.260 e. The summed E-state index contributed by atoms with van der Waals surface area (Å²) in [5, 5.41) is 2.74. The molecule has 20 heavy (non-hydrogen) atoms. The van der Waals surface area contributed by atoms with Crippen molar-refractivity contribution in [2.75, 3.05) is 10.7 Å². The van der Waals surface area contributed by atoms with Crippen LogP contribution < -0.4 is 16.6 Å². The predicted molar refractivity (Wildman–Crippen MR) is 81.4 cm³/mol. The summed E-state index contributed by atoms with van der Waals surface area (Å²) in [6.45, 7) is 3.81. The Balaban J connectivity index is 2.30. The number of rotatable bonds is 3. The Morgan fingerprint density at radius 1 is 1.30 bits per heavy atom. The highest BCUT2D eigenvalue weighted by Crippen LogP contribution is 2.19. The summed E-state index contributed by atoms with van der Waals surface area (Å²) < 4.78 is 0.690. The number of hydrogen-bond donors (Lipinski definition) is 3. The lowest BCUT2D eigenvalue weighted by molar-refractivity contribution is 0.102. The lowest BCUT2D eigenvalue weighted by Gasteiger charge is -2.10. The molecule has 0 fully saturated rings. The van der Waals surface area contributed by atoms with Crippen LogP contribution in [0.15, 0.2) is 28.9 Å². The smallest absolute Gasteiger partial charge is 0.260 e. The van der Waals surface area contributed by atoms with Gasteiger partial charge in [-0.3, -0.25) is 4.79 Å². The number of nitrogens with one attached hydrogen (secondary N) is 2. The van der Waals surface area contributed by atoms with Crippen LogP contribution in [0.2, 0.25) is 0 Å². The van der Waals surface area contributed by atoms with Gasteiger partial charge in [-0.25, -0.2) is 15.8 Å². The Hall–Kier alpha value is -1.99. The first-order chi connectivity index (χ1) is 9.49. The molecule has 7 heteroatoms. The summed E-state index contributed by atoms with van der Waals surface area (Å²) in [6, 6.07) is 5.37. The molecule has 6 nitrogen and oxygen atoms in total. The number of nitrogens with zero attached hydrogens (tertiary/aromatic N) is 2. The molecule has 0 atom stereocenters. The quantitative estimate of drug-likeness (QED) is 0.591. The molecule has 0 aromatic carbocycles. The molecule has 2 aromatic heterocycles. The zero-order valence-corrected chi connectivity index (χ0v) is 12.7. The number of hydrogen-bond acceptors (Lipinski definition) is 5. The minimum atomic E-state index is -0.329. The maximum atomic E-state index is 12.3. The maximum absolute atomic E-state index is 12.3. The van der Waals surface area contributed by atoms with Crippen LogP contribution in [0.5, 0.6) is 0 Å². The number of amides is 1. The van der Waals surface area contributed by atoms with Crippen molar-refractivity contribution in [3.63, 3.8) is 0 Å². The first-order valence-corrected chi connectivity index (χ1v) is 6.67. The number of carbonyl (C=O) groups is 1. The third-order valence-electron chi connectivity index (χ3n) is 2.58. The first kappa shape index (κ1) is 14.4. The third-order valence-corrected chi connectivity index (χ3v) is 3.01.